The third-order valence-electron chi connectivity index (χ3n) is 4.78. The van der Waals surface area contributed by atoms with Gasteiger partial charge in [-0.15, -0.1) is 0 Å². The number of fused-ring (bicyclic) bond motifs is 2. The molecule has 0 aromatic heterocycles. The van der Waals surface area contributed by atoms with Crippen LogP contribution in [0.2, 0.25) is 0 Å². The maximum Gasteiger partial charge on any atom is 0.137 e. The summed E-state index contributed by atoms with van der Waals surface area (Å²) in [6, 6.07) is 4.93. The average Bonchev–Trinajstić information content (AvgIpc) is 2.95. The van der Waals surface area contributed by atoms with Gasteiger partial charge in [-0.25, -0.2) is 4.39 Å². The standard InChI is InChI=1S/C16H18BrFO/c17-14-4-3-12(16(18)9-14)7-15(19)8-13-6-10-1-2-11(13)5-10/h3-4,9-11,13H,1-2,5-8H2. The average molecular weight is 325 g/mol. The molecule has 2 aliphatic carbocycles. The summed E-state index contributed by atoms with van der Waals surface area (Å²) >= 11 is 3.23. The molecular weight excluding hydrogens is 307 g/mol. The summed E-state index contributed by atoms with van der Waals surface area (Å²) in [6.45, 7) is 0. The van der Waals surface area contributed by atoms with Crippen molar-refractivity contribution in [1.29, 1.82) is 0 Å². The first kappa shape index (κ1) is 13.3. The predicted molar refractivity (Wildman–Crippen MR) is 76.4 cm³/mol. The molecule has 2 saturated carbocycles. The number of hydrogen-bond donors (Lipinski definition) is 0. The van der Waals surface area contributed by atoms with E-state index in [4.69, 9.17) is 0 Å². The minimum Gasteiger partial charge on any atom is -0.299 e. The van der Waals surface area contributed by atoms with Gasteiger partial charge < -0.3 is 0 Å². The smallest absolute Gasteiger partial charge is 0.137 e. The zero-order valence-corrected chi connectivity index (χ0v) is 12.5. The number of Topliss-reactive ketones (excluding diaryl/α,β-unsaturated/α-hetero) is 1. The lowest BCUT2D eigenvalue weighted by atomic mass is 9.84. The second-order valence-electron chi connectivity index (χ2n) is 6.09. The van der Waals surface area contributed by atoms with Crippen molar-refractivity contribution in [3.05, 3.63) is 34.1 Å². The summed E-state index contributed by atoms with van der Waals surface area (Å²) in [5.41, 5.74) is 0.524. The quantitative estimate of drug-likeness (QED) is 0.795. The number of halogens is 2. The number of ketones is 1. The van der Waals surface area contributed by atoms with Gasteiger partial charge in [-0.3, -0.25) is 4.79 Å². The minimum atomic E-state index is -0.282. The summed E-state index contributed by atoms with van der Waals surface area (Å²) in [4.78, 5) is 12.1. The zero-order valence-electron chi connectivity index (χ0n) is 10.9. The minimum absolute atomic E-state index is 0.193. The Labute approximate surface area is 121 Å². The van der Waals surface area contributed by atoms with E-state index < -0.39 is 0 Å². The van der Waals surface area contributed by atoms with Gasteiger partial charge in [-0.2, -0.15) is 0 Å². The van der Waals surface area contributed by atoms with Gasteiger partial charge in [0.1, 0.15) is 11.6 Å². The van der Waals surface area contributed by atoms with Crippen LogP contribution in [0.4, 0.5) is 4.39 Å². The molecular formula is C16H18BrFO. The zero-order chi connectivity index (χ0) is 13.4. The summed E-state index contributed by atoms with van der Waals surface area (Å²) in [5, 5.41) is 0. The molecule has 0 N–H and O–H groups in total. The number of hydrogen-bond acceptors (Lipinski definition) is 1. The lowest BCUT2D eigenvalue weighted by Crippen LogP contribution is -2.16. The van der Waals surface area contributed by atoms with Crippen LogP contribution in [-0.2, 0) is 11.2 Å². The normalized spacial score (nSPS) is 28.8. The van der Waals surface area contributed by atoms with Crippen LogP contribution in [0.5, 0.6) is 0 Å². The fraction of sp³-hybridized carbons (Fsp3) is 0.562. The van der Waals surface area contributed by atoms with Gasteiger partial charge in [0.15, 0.2) is 0 Å². The molecule has 1 nitrogen and oxygen atoms in total. The molecule has 1 aromatic rings. The second kappa shape index (κ2) is 5.35. The van der Waals surface area contributed by atoms with Gasteiger partial charge in [0.05, 0.1) is 0 Å². The lowest BCUT2D eigenvalue weighted by molar-refractivity contribution is -0.119. The number of rotatable bonds is 4. The number of benzene rings is 1. The predicted octanol–water partition coefficient (Wildman–Crippen LogP) is 4.53. The van der Waals surface area contributed by atoms with E-state index in [0.717, 1.165) is 11.8 Å². The Morgan fingerprint density at radius 1 is 1.32 bits per heavy atom. The van der Waals surface area contributed by atoms with Gasteiger partial charge in [0.2, 0.25) is 0 Å². The van der Waals surface area contributed by atoms with E-state index >= 15 is 0 Å². The van der Waals surface area contributed by atoms with Crippen LogP contribution in [0.1, 0.15) is 37.7 Å². The van der Waals surface area contributed by atoms with Crippen molar-refractivity contribution in [1.82, 2.24) is 0 Å². The number of carbonyl (C=O) groups is 1. The first-order valence-electron chi connectivity index (χ1n) is 7.07. The van der Waals surface area contributed by atoms with Crippen molar-refractivity contribution in [3.63, 3.8) is 0 Å². The second-order valence-corrected chi connectivity index (χ2v) is 7.01. The van der Waals surface area contributed by atoms with E-state index in [-0.39, 0.29) is 18.0 Å². The van der Waals surface area contributed by atoms with E-state index in [2.05, 4.69) is 15.9 Å². The van der Waals surface area contributed by atoms with Gasteiger partial charge in [0.25, 0.3) is 0 Å². The van der Waals surface area contributed by atoms with Crippen molar-refractivity contribution < 1.29 is 9.18 Å². The van der Waals surface area contributed by atoms with E-state index in [1.54, 1.807) is 12.1 Å². The lowest BCUT2D eigenvalue weighted by Gasteiger charge is -2.20. The highest BCUT2D eigenvalue weighted by Gasteiger charge is 2.39. The fourth-order valence-electron chi connectivity index (χ4n) is 3.87. The molecule has 0 radical (unpaired) electrons. The van der Waals surface area contributed by atoms with Crippen molar-refractivity contribution in [2.24, 2.45) is 17.8 Å². The maximum absolute atomic E-state index is 13.7. The molecule has 2 bridgehead atoms. The third kappa shape index (κ3) is 2.91. The Kier molecular flexibility index (Phi) is 3.75. The summed E-state index contributed by atoms with van der Waals surface area (Å²) < 4.78 is 14.4. The monoisotopic (exact) mass is 324 g/mol. The van der Waals surface area contributed by atoms with Crippen molar-refractivity contribution >= 4 is 21.7 Å². The Balaban J connectivity index is 1.59. The molecule has 2 aliphatic rings. The number of carbonyl (C=O) groups excluding carboxylic acids is 1. The molecule has 0 spiro atoms. The highest BCUT2D eigenvalue weighted by atomic mass is 79.9. The van der Waals surface area contributed by atoms with Gasteiger partial charge in [0, 0.05) is 17.3 Å². The van der Waals surface area contributed by atoms with Crippen molar-refractivity contribution in [3.8, 4) is 0 Å². The first-order chi connectivity index (χ1) is 9.11. The summed E-state index contributed by atoms with van der Waals surface area (Å²) in [7, 11) is 0. The Bertz CT molecular complexity index is 500. The van der Waals surface area contributed by atoms with Crippen molar-refractivity contribution in [2.75, 3.05) is 0 Å². The van der Waals surface area contributed by atoms with Crippen LogP contribution in [-0.4, -0.2) is 5.78 Å². The molecule has 0 amide bonds. The molecule has 19 heavy (non-hydrogen) atoms. The van der Waals surface area contributed by atoms with Crippen LogP contribution in [0.25, 0.3) is 0 Å². The molecule has 2 fully saturated rings. The third-order valence-corrected chi connectivity index (χ3v) is 5.27. The topological polar surface area (TPSA) is 17.1 Å². The summed E-state index contributed by atoms with van der Waals surface area (Å²) in [5.74, 6) is 2.12. The Morgan fingerprint density at radius 3 is 2.79 bits per heavy atom. The van der Waals surface area contributed by atoms with Crippen LogP contribution >= 0.6 is 15.9 Å². The van der Waals surface area contributed by atoms with E-state index in [1.807, 2.05) is 0 Å². The van der Waals surface area contributed by atoms with Crippen LogP contribution in [0.3, 0.4) is 0 Å². The van der Waals surface area contributed by atoms with E-state index in [1.165, 1.54) is 31.7 Å². The largest absolute Gasteiger partial charge is 0.299 e. The fourth-order valence-corrected chi connectivity index (χ4v) is 4.20. The SMILES string of the molecule is O=C(Cc1ccc(Br)cc1F)CC1CC2CCC1C2. The molecule has 3 unspecified atom stereocenters. The Hall–Kier alpha value is -0.700. The molecule has 0 heterocycles. The molecule has 1 aromatic carbocycles. The van der Waals surface area contributed by atoms with Gasteiger partial charge in [-0.05, 0) is 54.7 Å². The van der Waals surface area contributed by atoms with Gasteiger partial charge in [-0.1, -0.05) is 28.4 Å². The van der Waals surface area contributed by atoms with Crippen LogP contribution < -0.4 is 0 Å². The van der Waals surface area contributed by atoms with Crippen LogP contribution in [0, 0.1) is 23.6 Å². The van der Waals surface area contributed by atoms with Crippen molar-refractivity contribution in [2.45, 2.75) is 38.5 Å². The maximum atomic E-state index is 13.7. The first-order valence-corrected chi connectivity index (χ1v) is 7.86. The van der Waals surface area contributed by atoms with E-state index in [0.29, 0.717) is 22.4 Å². The Morgan fingerprint density at radius 2 is 2.16 bits per heavy atom. The molecule has 0 aliphatic heterocycles. The molecule has 0 saturated heterocycles. The molecule has 3 rings (SSSR count). The summed E-state index contributed by atoms with van der Waals surface area (Å²) in [6.07, 6.45) is 6.10. The van der Waals surface area contributed by atoms with Crippen LogP contribution in [0.15, 0.2) is 22.7 Å². The molecule has 3 heteroatoms. The highest BCUT2D eigenvalue weighted by Crippen LogP contribution is 2.49. The molecule has 3 atom stereocenters. The van der Waals surface area contributed by atoms with E-state index in [9.17, 15) is 9.18 Å². The highest BCUT2D eigenvalue weighted by molar-refractivity contribution is 9.10. The molecule has 102 valence electrons. The van der Waals surface area contributed by atoms with Gasteiger partial charge >= 0.3 is 0 Å².